The number of ether oxygens (including phenoxy) is 1. The number of hydrogen-bond donors (Lipinski definition) is 2. The van der Waals surface area contributed by atoms with E-state index in [0.29, 0.717) is 16.7 Å². The standard InChI is InChI=1S/C21H21ClN4O6S/c1-26(2)33(30,31)13-7-8-15(22)17(11-13)24-19(27)12-32-20(28)10-9-18-23-16-6-4-3-5-14(16)21(29)25-18/h3-8,11H,9-10,12H2,1-2H3,(H,24,27)(H,23,25,29). The molecule has 0 atom stereocenters. The maximum absolute atomic E-state index is 12.3. The third kappa shape index (κ3) is 5.95. The summed E-state index contributed by atoms with van der Waals surface area (Å²) in [6.07, 6.45) is 0.0165. The van der Waals surface area contributed by atoms with E-state index in [9.17, 15) is 22.8 Å². The van der Waals surface area contributed by atoms with Crippen LogP contribution in [0.2, 0.25) is 5.02 Å². The third-order valence-corrected chi connectivity index (χ3v) is 6.72. The molecule has 1 amide bonds. The molecule has 0 spiro atoms. The fourth-order valence-corrected chi connectivity index (χ4v) is 3.94. The molecule has 2 N–H and O–H groups in total. The molecule has 0 unspecified atom stereocenters. The smallest absolute Gasteiger partial charge is 0.306 e. The largest absolute Gasteiger partial charge is 0.456 e. The van der Waals surface area contributed by atoms with Crippen molar-refractivity contribution in [2.45, 2.75) is 17.7 Å². The van der Waals surface area contributed by atoms with Gasteiger partial charge < -0.3 is 15.0 Å². The Morgan fingerprint density at radius 2 is 1.91 bits per heavy atom. The molecule has 1 aromatic heterocycles. The van der Waals surface area contributed by atoms with Crippen LogP contribution in [0, 0.1) is 0 Å². The first-order chi connectivity index (χ1) is 15.6. The van der Waals surface area contributed by atoms with E-state index in [1.807, 2.05) is 0 Å². The fraction of sp³-hybridized carbons (Fsp3) is 0.238. The maximum Gasteiger partial charge on any atom is 0.306 e. The number of carbonyl (C=O) groups is 2. The minimum absolute atomic E-state index is 0.0546. The zero-order valence-electron chi connectivity index (χ0n) is 17.8. The quantitative estimate of drug-likeness (QED) is 0.458. The topological polar surface area (TPSA) is 139 Å². The van der Waals surface area contributed by atoms with Gasteiger partial charge in [-0.25, -0.2) is 17.7 Å². The average molecular weight is 493 g/mol. The number of aryl methyl sites for hydroxylation is 1. The molecule has 0 aliphatic heterocycles. The van der Waals surface area contributed by atoms with Crippen LogP contribution in [0.25, 0.3) is 10.9 Å². The van der Waals surface area contributed by atoms with Crippen LogP contribution in [-0.2, 0) is 30.8 Å². The number of anilines is 1. The summed E-state index contributed by atoms with van der Waals surface area (Å²) in [7, 11) is -0.962. The first kappa shape index (κ1) is 24.4. The highest BCUT2D eigenvalue weighted by Crippen LogP contribution is 2.26. The normalized spacial score (nSPS) is 11.5. The molecule has 3 aromatic rings. The van der Waals surface area contributed by atoms with Crippen molar-refractivity contribution in [1.29, 1.82) is 0 Å². The Balaban J connectivity index is 1.56. The monoisotopic (exact) mass is 492 g/mol. The first-order valence-electron chi connectivity index (χ1n) is 9.73. The van der Waals surface area contributed by atoms with Crippen molar-refractivity contribution in [3.8, 4) is 0 Å². The average Bonchev–Trinajstić information content (AvgIpc) is 2.77. The van der Waals surface area contributed by atoms with Crippen LogP contribution in [0.15, 0.2) is 52.2 Å². The van der Waals surface area contributed by atoms with Crippen molar-refractivity contribution in [2.75, 3.05) is 26.0 Å². The second kappa shape index (κ2) is 10.1. The van der Waals surface area contributed by atoms with E-state index in [2.05, 4.69) is 15.3 Å². The van der Waals surface area contributed by atoms with E-state index in [0.717, 1.165) is 4.31 Å². The summed E-state index contributed by atoms with van der Waals surface area (Å²) >= 11 is 6.04. The van der Waals surface area contributed by atoms with Gasteiger partial charge in [-0.2, -0.15) is 0 Å². The van der Waals surface area contributed by atoms with Gasteiger partial charge in [-0.05, 0) is 30.3 Å². The zero-order chi connectivity index (χ0) is 24.2. The van der Waals surface area contributed by atoms with E-state index in [1.54, 1.807) is 24.3 Å². The Kier molecular flexibility index (Phi) is 7.46. The summed E-state index contributed by atoms with van der Waals surface area (Å²) in [4.78, 5) is 43.1. The molecule has 0 bridgehead atoms. The predicted octanol–water partition coefficient (Wildman–Crippen LogP) is 1.94. The van der Waals surface area contributed by atoms with E-state index >= 15 is 0 Å². The van der Waals surface area contributed by atoms with Crippen molar-refractivity contribution in [2.24, 2.45) is 0 Å². The molecule has 0 fully saturated rings. The molecule has 1 heterocycles. The number of aromatic amines is 1. The van der Waals surface area contributed by atoms with Crippen LogP contribution in [-0.4, -0.2) is 55.3 Å². The van der Waals surface area contributed by atoms with Gasteiger partial charge in [-0.3, -0.25) is 14.4 Å². The first-order valence-corrected chi connectivity index (χ1v) is 11.5. The molecule has 0 aliphatic rings. The molecule has 174 valence electrons. The van der Waals surface area contributed by atoms with E-state index in [-0.39, 0.29) is 34.0 Å². The van der Waals surface area contributed by atoms with Gasteiger partial charge in [0.05, 0.1) is 32.9 Å². The Bertz CT molecular complexity index is 1370. The van der Waals surface area contributed by atoms with Crippen LogP contribution < -0.4 is 10.9 Å². The lowest BCUT2D eigenvalue weighted by Gasteiger charge is -2.14. The molecule has 12 heteroatoms. The number of amides is 1. The van der Waals surface area contributed by atoms with Gasteiger partial charge in [0.1, 0.15) is 5.82 Å². The number of para-hydroxylation sites is 1. The molecular formula is C21H21ClN4O6S. The number of aromatic nitrogens is 2. The lowest BCUT2D eigenvalue weighted by atomic mass is 10.2. The van der Waals surface area contributed by atoms with Gasteiger partial charge in [-0.15, -0.1) is 0 Å². The predicted molar refractivity (Wildman–Crippen MR) is 123 cm³/mol. The Labute approximate surface area is 194 Å². The number of sulfonamides is 1. The number of H-pyrrole nitrogens is 1. The number of benzene rings is 2. The molecule has 2 aromatic carbocycles. The lowest BCUT2D eigenvalue weighted by Crippen LogP contribution is -2.23. The minimum atomic E-state index is -3.72. The molecule has 33 heavy (non-hydrogen) atoms. The van der Waals surface area contributed by atoms with Gasteiger partial charge in [0.15, 0.2) is 6.61 Å². The summed E-state index contributed by atoms with van der Waals surface area (Å²) in [5.41, 5.74) is 0.275. The van der Waals surface area contributed by atoms with E-state index in [1.165, 1.54) is 32.3 Å². The Morgan fingerprint density at radius 1 is 1.18 bits per heavy atom. The maximum atomic E-state index is 12.3. The van der Waals surface area contributed by atoms with Gasteiger partial charge >= 0.3 is 5.97 Å². The molecule has 3 rings (SSSR count). The van der Waals surface area contributed by atoms with Crippen molar-refractivity contribution >= 4 is 50.1 Å². The van der Waals surface area contributed by atoms with Crippen molar-refractivity contribution in [3.05, 3.63) is 63.7 Å². The van der Waals surface area contributed by atoms with Crippen molar-refractivity contribution < 1.29 is 22.7 Å². The summed E-state index contributed by atoms with van der Waals surface area (Å²) in [5, 5.41) is 3.00. The second-order valence-corrected chi connectivity index (χ2v) is 9.73. The van der Waals surface area contributed by atoms with Crippen molar-refractivity contribution in [1.82, 2.24) is 14.3 Å². The van der Waals surface area contributed by atoms with Gasteiger partial charge in [0.2, 0.25) is 10.0 Å². The van der Waals surface area contributed by atoms with Gasteiger partial charge in [0, 0.05) is 20.5 Å². The molecule has 0 saturated carbocycles. The van der Waals surface area contributed by atoms with Gasteiger partial charge in [-0.1, -0.05) is 23.7 Å². The Hall–Kier alpha value is -3.28. The van der Waals surface area contributed by atoms with E-state index in [4.69, 9.17) is 16.3 Å². The third-order valence-electron chi connectivity index (χ3n) is 4.58. The Morgan fingerprint density at radius 3 is 2.64 bits per heavy atom. The molecule has 0 saturated heterocycles. The summed E-state index contributed by atoms with van der Waals surface area (Å²) < 4.78 is 30.5. The highest BCUT2D eigenvalue weighted by molar-refractivity contribution is 7.89. The van der Waals surface area contributed by atoms with Crippen LogP contribution in [0.3, 0.4) is 0 Å². The number of nitrogens with zero attached hydrogens (tertiary/aromatic N) is 2. The van der Waals surface area contributed by atoms with Gasteiger partial charge in [0.25, 0.3) is 11.5 Å². The van der Waals surface area contributed by atoms with Crippen molar-refractivity contribution in [3.63, 3.8) is 0 Å². The number of rotatable bonds is 8. The summed E-state index contributed by atoms with van der Waals surface area (Å²) in [6.45, 7) is -0.596. The fourth-order valence-electron chi connectivity index (χ4n) is 2.85. The van der Waals surface area contributed by atoms with Crippen LogP contribution in [0.4, 0.5) is 5.69 Å². The highest BCUT2D eigenvalue weighted by Gasteiger charge is 2.19. The molecular weight excluding hydrogens is 472 g/mol. The molecule has 10 nitrogen and oxygen atoms in total. The minimum Gasteiger partial charge on any atom is -0.456 e. The number of halogens is 1. The summed E-state index contributed by atoms with van der Waals surface area (Å²) in [6, 6.07) is 10.7. The molecule has 0 aliphatic carbocycles. The second-order valence-electron chi connectivity index (χ2n) is 7.17. The number of fused-ring (bicyclic) bond motifs is 1. The van der Waals surface area contributed by atoms with Crippen LogP contribution >= 0.6 is 11.6 Å². The van der Waals surface area contributed by atoms with Crippen LogP contribution in [0.5, 0.6) is 0 Å². The van der Waals surface area contributed by atoms with Crippen LogP contribution in [0.1, 0.15) is 12.2 Å². The SMILES string of the molecule is CN(C)S(=O)(=O)c1ccc(Cl)c(NC(=O)COC(=O)CCc2nc3ccccc3c(=O)[nH]2)c1. The lowest BCUT2D eigenvalue weighted by molar-refractivity contribution is -0.147. The molecule has 0 radical (unpaired) electrons. The number of carbonyl (C=O) groups excluding carboxylic acids is 2. The zero-order valence-corrected chi connectivity index (χ0v) is 19.4. The van der Waals surface area contributed by atoms with E-state index < -0.39 is 28.5 Å². The number of esters is 1. The number of nitrogens with one attached hydrogen (secondary N) is 2. The summed E-state index contributed by atoms with van der Waals surface area (Å²) in [5.74, 6) is -1.04. The number of hydrogen-bond acceptors (Lipinski definition) is 7. The highest BCUT2D eigenvalue weighted by atomic mass is 35.5.